The van der Waals surface area contributed by atoms with Crippen molar-refractivity contribution in [3.05, 3.63) is 22.7 Å². The molecule has 1 rings (SSSR count). The first-order valence-electron chi connectivity index (χ1n) is 6.58. The molecule has 0 radical (unpaired) electrons. The van der Waals surface area contributed by atoms with Crippen molar-refractivity contribution in [3.8, 4) is 0 Å². The van der Waals surface area contributed by atoms with Crippen LogP contribution in [0.3, 0.4) is 0 Å². The molecule has 0 spiro atoms. The number of carbonyl (C=O) groups excluding carboxylic acids is 1. The van der Waals surface area contributed by atoms with Gasteiger partial charge in [-0.1, -0.05) is 13.8 Å². The lowest BCUT2D eigenvalue weighted by Gasteiger charge is -2.10. The summed E-state index contributed by atoms with van der Waals surface area (Å²) in [6.07, 6.45) is 5.19. The summed E-state index contributed by atoms with van der Waals surface area (Å²) < 4.78 is 1.66. The van der Waals surface area contributed by atoms with Crippen molar-refractivity contribution >= 4 is 11.7 Å². The normalized spacial score (nSPS) is 10.7. The Kier molecular flexibility index (Phi) is 6.05. The van der Waals surface area contributed by atoms with Crippen LogP contribution >= 0.6 is 0 Å². The number of rotatable bonds is 8. The highest BCUT2D eigenvalue weighted by atomic mass is 16.1. The summed E-state index contributed by atoms with van der Waals surface area (Å²) >= 11 is 0. The molecule has 0 fully saturated rings. The van der Waals surface area contributed by atoms with Crippen molar-refractivity contribution in [1.29, 1.82) is 0 Å². The van der Waals surface area contributed by atoms with E-state index in [9.17, 15) is 9.59 Å². The monoisotopic (exact) mass is 266 g/mol. The minimum Gasteiger partial charge on any atom is -0.370 e. The van der Waals surface area contributed by atoms with Crippen LogP contribution in [-0.2, 0) is 11.3 Å². The van der Waals surface area contributed by atoms with E-state index in [-0.39, 0.29) is 11.5 Å². The summed E-state index contributed by atoms with van der Waals surface area (Å²) in [6, 6.07) is 0. The average Bonchev–Trinajstić information content (AvgIpc) is 2.32. The predicted molar refractivity (Wildman–Crippen MR) is 74.9 cm³/mol. The highest BCUT2D eigenvalue weighted by Gasteiger charge is 2.05. The van der Waals surface area contributed by atoms with E-state index in [0.29, 0.717) is 31.2 Å². The number of anilines is 1. The molecule has 0 saturated heterocycles. The molecule has 0 aliphatic heterocycles. The van der Waals surface area contributed by atoms with Crippen molar-refractivity contribution in [2.75, 3.05) is 11.9 Å². The van der Waals surface area contributed by atoms with Gasteiger partial charge in [0.25, 0.3) is 5.56 Å². The minimum atomic E-state index is -0.294. The van der Waals surface area contributed by atoms with E-state index in [1.54, 1.807) is 17.0 Å². The molecule has 0 atom stereocenters. The zero-order valence-corrected chi connectivity index (χ0v) is 11.6. The van der Waals surface area contributed by atoms with Crippen molar-refractivity contribution < 1.29 is 4.79 Å². The summed E-state index contributed by atoms with van der Waals surface area (Å²) in [6.45, 7) is 5.41. The van der Waals surface area contributed by atoms with Crippen molar-refractivity contribution in [3.63, 3.8) is 0 Å². The van der Waals surface area contributed by atoms with E-state index < -0.39 is 0 Å². The third-order valence-electron chi connectivity index (χ3n) is 2.62. The first-order chi connectivity index (χ1) is 9.00. The number of unbranched alkanes of at least 4 members (excludes halogenated alkanes) is 1. The fraction of sp³-hybridized carbons (Fsp3) is 0.615. The Morgan fingerprint density at radius 2 is 2.21 bits per heavy atom. The number of nitrogens with one attached hydrogen (secondary N) is 1. The molecule has 1 aromatic rings. The van der Waals surface area contributed by atoms with Gasteiger partial charge in [-0.3, -0.25) is 9.59 Å². The molecular formula is C13H22N4O2. The second-order valence-electron chi connectivity index (χ2n) is 4.98. The number of nitrogens with zero attached hydrogens (tertiary/aromatic N) is 2. The third kappa shape index (κ3) is 5.54. The molecule has 3 N–H and O–H groups in total. The summed E-state index contributed by atoms with van der Waals surface area (Å²) in [5, 5.41) is 3.00. The van der Waals surface area contributed by atoms with Gasteiger partial charge >= 0.3 is 0 Å². The Hall–Kier alpha value is -1.85. The summed E-state index contributed by atoms with van der Waals surface area (Å²) in [4.78, 5) is 26.7. The molecule has 6 heteroatoms. The largest absolute Gasteiger partial charge is 0.370 e. The van der Waals surface area contributed by atoms with Gasteiger partial charge in [-0.15, -0.1) is 0 Å². The highest BCUT2D eigenvalue weighted by Crippen LogP contribution is 2.00. The van der Waals surface area contributed by atoms with Crippen LogP contribution in [0.2, 0.25) is 0 Å². The number of carbonyl (C=O) groups is 1. The molecule has 1 heterocycles. The van der Waals surface area contributed by atoms with Crippen molar-refractivity contribution in [2.45, 2.75) is 39.7 Å². The van der Waals surface area contributed by atoms with Crippen molar-refractivity contribution in [1.82, 2.24) is 9.55 Å². The molecule has 1 aromatic heterocycles. The van der Waals surface area contributed by atoms with Gasteiger partial charge in [0.15, 0.2) is 5.82 Å². The molecule has 0 aliphatic carbocycles. The summed E-state index contributed by atoms with van der Waals surface area (Å²) in [7, 11) is 0. The fourth-order valence-electron chi connectivity index (χ4n) is 1.74. The summed E-state index contributed by atoms with van der Waals surface area (Å²) in [5.74, 6) is 0.475. The van der Waals surface area contributed by atoms with E-state index >= 15 is 0 Å². The van der Waals surface area contributed by atoms with E-state index in [0.717, 1.165) is 12.8 Å². The van der Waals surface area contributed by atoms with E-state index in [2.05, 4.69) is 24.1 Å². The molecule has 0 saturated carbocycles. The molecule has 0 bridgehead atoms. The first kappa shape index (κ1) is 15.2. The smallest absolute Gasteiger partial charge is 0.293 e. The van der Waals surface area contributed by atoms with E-state index in [4.69, 9.17) is 5.73 Å². The lowest BCUT2D eigenvalue weighted by Crippen LogP contribution is -2.26. The molecule has 106 valence electrons. The van der Waals surface area contributed by atoms with Crippen LogP contribution in [0.25, 0.3) is 0 Å². The van der Waals surface area contributed by atoms with Gasteiger partial charge in [0.1, 0.15) is 0 Å². The molecule has 6 nitrogen and oxygen atoms in total. The van der Waals surface area contributed by atoms with Crippen LogP contribution in [0, 0.1) is 5.92 Å². The van der Waals surface area contributed by atoms with E-state index in [1.807, 2.05) is 0 Å². The molecule has 19 heavy (non-hydrogen) atoms. The highest BCUT2D eigenvalue weighted by molar-refractivity contribution is 5.73. The zero-order chi connectivity index (χ0) is 14.3. The molecule has 0 aliphatic rings. The minimum absolute atomic E-state index is 0.105. The molecule has 1 amide bonds. The second-order valence-corrected chi connectivity index (χ2v) is 4.98. The van der Waals surface area contributed by atoms with Gasteiger partial charge in [-0.25, -0.2) is 4.98 Å². The maximum atomic E-state index is 12.0. The zero-order valence-electron chi connectivity index (χ0n) is 11.6. The van der Waals surface area contributed by atoms with Gasteiger partial charge in [-0.05, 0) is 18.8 Å². The van der Waals surface area contributed by atoms with Crippen LogP contribution in [0.1, 0.15) is 33.1 Å². The fourth-order valence-corrected chi connectivity index (χ4v) is 1.74. The number of hydrogen-bond acceptors (Lipinski definition) is 4. The van der Waals surface area contributed by atoms with Gasteiger partial charge in [0.2, 0.25) is 5.91 Å². The van der Waals surface area contributed by atoms with Gasteiger partial charge < -0.3 is 15.6 Å². The summed E-state index contributed by atoms with van der Waals surface area (Å²) in [5.41, 5.74) is 4.95. The number of nitrogens with two attached hydrogens (primary N) is 1. The Balaban J connectivity index is 2.50. The lowest BCUT2D eigenvalue weighted by atomic mass is 10.2. The first-order valence-corrected chi connectivity index (χ1v) is 6.58. The van der Waals surface area contributed by atoms with Crippen molar-refractivity contribution in [2.24, 2.45) is 11.7 Å². The van der Waals surface area contributed by atoms with E-state index in [1.165, 1.54) is 0 Å². The number of aromatic nitrogens is 2. The standard InChI is InChI=1S/C13H22N4O2/c1-10(2)9-17-8-7-16-12(13(17)19)15-6-4-3-5-11(14)18/h7-8,10H,3-6,9H2,1-2H3,(H2,14,18)(H,15,16). The number of amides is 1. The van der Waals surface area contributed by atoms with Gasteiger partial charge in [0, 0.05) is 31.9 Å². The predicted octanol–water partition coefficient (Wildman–Crippen LogP) is 0.967. The molecular weight excluding hydrogens is 244 g/mol. The second kappa shape index (κ2) is 7.56. The average molecular weight is 266 g/mol. The quantitative estimate of drug-likeness (QED) is 0.686. The number of primary amides is 1. The van der Waals surface area contributed by atoms with Crippen LogP contribution < -0.4 is 16.6 Å². The maximum absolute atomic E-state index is 12.0. The maximum Gasteiger partial charge on any atom is 0.293 e. The van der Waals surface area contributed by atoms with Crippen LogP contribution in [0.5, 0.6) is 0 Å². The third-order valence-corrected chi connectivity index (χ3v) is 2.62. The van der Waals surface area contributed by atoms with Crippen LogP contribution in [-0.4, -0.2) is 22.0 Å². The van der Waals surface area contributed by atoms with Gasteiger partial charge in [0.05, 0.1) is 0 Å². The lowest BCUT2D eigenvalue weighted by molar-refractivity contribution is -0.118. The SMILES string of the molecule is CC(C)Cn1ccnc(NCCCCC(N)=O)c1=O. The Morgan fingerprint density at radius 1 is 1.47 bits per heavy atom. The topological polar surface area (TPSA) is 90.0 Å². The van der Waals surface area contributed by atoms with Crippen LogP contribution in [0.4, 0.5) is 5.82 Å². The Labute approximate surface area is 113 Å². The Morgan fingerprint density at radius 3 is 2.84 bits per heavy atom. The number of hydrogen-bond donors (Lipinski definition) is 2. The molecule has 0 aromatic carbocycles. The Bertz CT molecular complexity index is 468. The van der Waals surface area contributed by atoms with Crippen LogP contribution in [0.15, 0.2) is 17.2 Å². The molecule has 0 unspecified atom stereocenters. The van der Waals surface area contributed by atoms with Gasteiger partial charge in [-0.2, -0.15) is 0 Å².